The molecular formula is C22H20FN3O. The summed E-state index contributed by atoms with van der Waals surface area (Å²) in [7, 11) is 0. The van der Waals surface area contributed by atoms with Crippen LogP contribution >= 0.6 is 0 Å². The van der Waals surface area contributed by atoms with E-state index in [1.165, 1.54) is 24.3 Å². The van der Waals surface area contributed by atoms with Gasteiger partial charge < -0.3 is 5.73 Å². The van der Waals surface area contributed by atoms with Crippen LogP contribution in [0.3, 0.4) is 0 Å². The van der Waals surface area contributed by atoms with E-state index < -0.39 is 5.82 Å². The Balaban J connectivity index is 1.55. The molecule has 0 amide bonds. The summed E-state index contributed by atoms with van der Waals surface area (Å²) in [6, 6.07) is 14.1. The molecule has 2 aromatic carbocycles. The molecule has 0 saturated carbocycles. The highest BCUT2D eigenvalue weighted by molar-refractivity contribution is 5.95. The van der Waals surface area contributed by atoms with E-state index in [9.17, 15) is 9.18 Å². The lowest BCUT2D eigenvalue weighted by Gasteiger charge is -2.02. The fourth-order valence-corrected chi connectivity index (χ4v) is 2.59. The average Bonchev–Trinajstić information content (AvgIpc) is 3.11. The zero-order chi connectivity index (χ0) is 19.1. The van der Waals surface area contributed by atoms with Crippen molar-refractivity contribution in [2.75, 3.05) is 5.73 Å². The van der Waals surface area contributed by atoms with Crippen molar-refractivity contribution < 1.29 is 9.18 Å². The van der Waals surface area contributed by atoms with E-state index in [0.29, 0.717) is 12.1 Å². The van der Waals surface area contributed by atoms with Crippen molar-refractivity contribution in [3.05, 3.63) is 95.6 Å². The third kappa shape index (κ3) is 5.51. The molecule has 5 heteroatoms. The molecule has 3 aromatic rings. The summed E-state index contributed by atoms with van der Waals surface area (Å²) in [5.41, 5.74) is 8.61. The monoisotopic (exact) mass is 361 g/mol. The maximum atomic E-state index is 13.0. The molecular weight excluding hydrogens is 341 g/mol. The van der Waals surface area contributed by atoms with Gasteiger partial charge in [-0.05, 0) is 35.4 Å². The first kappa shape index (κ1) is 18.3. The number of allylic oxidation sites excluding steroid dienone is 2. The molecule has 0 bridgehead atoms. The lowest BCUT2D eigenvalue weighted by Crippen LogP contribution is -2.02. The summed E-state index contributed by atoms with van der Waals surface area (Å²) in [5, 5.41) is 4.27. The first-order chi connectivity index (χ1) is 13.1. The summed E-state index contributed by atoms with van der Waals surface area (Å²) < 4.78 is 14.8. The smallest absolute Gasteiger partial charge is 0.160 e. The molecule has 3 rings (SSSR count). The second-order valence-electron chi connectivity index (χ2n) is 6.13. The van der Waals surface area contributed by atoms with Crippen LogP contribution in [-0.2, 0) is 17.8 Å². The van der Waals surface area contributed by atoms with E-state index in [2.05, 4.69) is 5.10 Å². The van der Waals surface area contributed by atoms with Gasteiger partial charge in [0.2, 0.25) is 0 Å². The van der Waals surface area contributed by atoms with Crippen LogP contribution in [0.2, 0.25) is 0 Å². The van der Waals surface area contributed by atoms with Gasteiger partial charge in [0.05, 0.1) is 12.7 Å². The van der Waals surface area contributed by atoms with Crippen molar-refractivity contribution in [1.29, 1.82) is 0 Å². The van der Waals surface area contributed by atoms with Gasteiger partial charge in [-0.3, -0.25) is 9.48 Å². The molecule has 0 fully saturated rings. The normalized spacial score (nSPS) is 11.4. The number of hydrogen-bond donors (Lipinski definition) is 1. The van der Waals surface area contributed by atoms with E-state index in [-0.39, 0.29) is 17.9 Å². The second-order valence-corrected chi connectivity index (χ2v) is 6.13. The minimum absolute atomic E-state index is 0.106. The van der Waals surface area contributed by atoms with Crippen molar-refractivity contribution in [2.24, 2.45) is 0 Å². The Kier molecular flexibility index (Phi) is 5.94. The van der Waals surface area contributed by atoms with Crippen molar-refractivity contribution in [2.45, 2.75) is 13.0 Å². The van der Waals surface area contributed by atoms with E-state index >= 15 is 0 Å². The number of halogens is 1. The van der Waals surface area contributed by atoms with Gasteiger partial charge in [-0.15, -0.1) is 0 Å². The van der Waals surface area contributed by atoms with Gasteiger partial charge >= 0.3 is 0 Å². The number of aromatic nitrogens is 2. The molecule has 1 aromatic heterocycles. The number of carbonyl (C=O) groups excluding carboxylic acids is 1. The van der Waals surface area contributed by atoms with Crippen LogP contribution in [0.1, 0.15) is 16.7 Å². The molecule has 1 heterocycles. The van der Waals surface area contributed by atoms with Crippen LogP contribution in [0.15, 0.2) is 73.1 Å². The highest BCUT2D eigenvalue weighted by Crippen LogP contribution is 2.14. The van der Waals surface area contributed by atoms with Crippen molar-refractivity contribution in [3.63, 3.8) is 0 Å². The number of nitrogens with zero attached hydrogens (tertiary/aromatic N) is 2. The molecule has 0 aliphatic carbocycles. The van der Waals surface area contributed by atoms with E-state index in [1.54, 1.807) is 17.0 Å². The predicted molar refractivity (Wildman–Crippen MR) is 106 cm³/mol. The quantitative estimate of drug-likeness (QED) is 0.508. The fraction of sp³-hybridized carbons (Fsp3) is 0.0909. The fourth-order valence-electron chi connectivity index (χ4n) is 2.59. The van der Waals surface area contributed by atoms with Gasteiger partial charge in [-0.2, -0.15) is 5.10 Å². The Morgan fingerprint density at radius 3 is 2.70 bits per heavy atom. The van der Waals surface area contributed by atoms with Crippen LogP contribution in [0.25, 0.3) is 12.2 Å². The number of rotatable bonds is 7. The maximum Gasteiger partial charge on any atom is 0.160 e. The molecule has 4 nitrogen and oxygen atoms in total. The number of anilines is 1. The Hall–Kier alpha value is -3.47. The number of benzene rings is 2. The van der Waals surface area contributed by atoms with Crippen LogP contribution in [0.4, 0.5) is 10.1 Å². The number of nitrogens with two attached hydrogens (primary N) is 1. The molecule has 136 valence electrons. The largest absolute Gasteiger partial charge is 0.398 e. The standard InChI is InChI=1S/C22H20FN3O/c23-20-10-9-19(22(24)14-20)13-21(27)11-8-18-15-25-26(16-18)12-4-7-17-5-2-1-3-6-17/h1-11,14-16H,12-13,24H2/b7-4+,11-8+. The van der Waals surface area contributed by atoms with Crippen LogP contribution in [0, 0.1) is 5.82 Å². The van der Waals surface area contributed by atoms with Crippen molar-refractivity contribution >= 4 is 23.6 Å². The van der Waals surface area contributed by atoms with Crippen LogP contribution in [0.5, 0.6) is 0 Å². The van der Waals surface area contributed by atoms with Gasteiger partial charge in [0, 0.05) is 23.9 Å². The maximum absolute atomic E-state index is 13.0. The minimum atomic E-state index is -0.409. The zero-order valence-electron chi connectivity index (χ0n) is 14.8. The van der Waals surface area contributed by atoms with E-state index in [4.69, 9.17) is 5.73 Å². The Morgan fingerprint density at radius 2 is 1.93 bits per heavy atom. The molecule has 0 aliphatic rings. The molecule has 0 spiro atoms. The van der Waals surface area contributed by atoms with Gasteiger partial charge in [0.1, 0.15) is 5.82 Å². The summed E-state index contributed by atoms with van der Waals surface area (Å²) in [6.45, 7) is 0.642. The van der Waals surface area contributed by atoms with Crippen LogP contribution in [-0.4, -0.2) is 15.6 Å². The van der Waals surface area contributed by atoms with Gasteiger partial charge in [-0.25, -0.2) is 4.39 Å². The highest BCUT2D eigenvalue weighted by Gasteiger charge is 2.05. The van der Waals surface area contributed by atoms with Crippen molar-refractivity contribution in [3.8, 4) is 0 Å². The minimum Gasteiger partial charge on any atom is -0.398 e. The van der Waals surface area contributed by atoms with E-state index in [0.717, 1.165) is 11.1 Å². The second kappa shape index (κ2) is 8.76. The molecule has 0 atom stereocenters. The molecule has 0 saturated heterocycles. The average molecular weight is 361 g/mol. The van der Waals surface area contributed by atoms with Gasteiger partial charge in [-0.1, -0.05) is 48.6 Å². The van der Waals surface area contributed by atoms with Crippen LogP contribution < -0.4 is 5.73 Å². The third-order valence-corrected chi connectivity index (χ3v) is 3.99. The molecule has 2 N–H and O–H groups in total. The molecule has 0 aliphatic heterocycles. The number of nitrogen functional groups attached to an aromatic ring is 1. The lowest BCUT2D eigenvalue weighted by atomic mass is 10.1. The zero-order valence-corrected chi connectivity index (χ0v) is 14.8. The topological polar surface area (TPSA) is 60.9 Å². The lowest BCUT2D eigenvalue weighted by molar-refractivity contribution is -0.113. The highest BCUT2D eigenvalue weighted by atomic mass is 19.1. The molecule has 0 unspecified atom stereocenters. The number of ketones is 1. The molecule has 0 radical (unpaired) electrons. The number of carbonyl (C=O) groups is 1. The molecule has 27 heavy (non-hydrogen) atoms. The Bertz CT molecular complexity index is 974. The summed E-state index contributed by atoms with van der Waals surface area (Å²) in [6.07, 6.45) is 11.0. The predicted octanol–water partition coefficient (Wildman–Crippen LogP) is 4.14. The van der Waals surface area contributed by atoms with Gasteiger partial charge in [0.25, 0.3) is 0 Å². The summed E-state index contributed by atoms with van der Waals surface area (Å²) in [4.78, 5) is 12.1. The van der Waals surface area contributed by atoms with Crippen molar-refractivity contribution in [1.82, 2.24) is 9.78 Å². The first-order valence-electron chi connectivity index (χ1n) is 8.59. The number of hydrogen-bond acceptors (Lipinski definition) is 3. The first-order valence-corrected chi connectivity index (χ1v) is 8.59. The third-order valence-electron chi connectivity index (χ3n) is 3.99. The van der Waals surface area contributed by atoms with Gasteiger partial charge in [0.15, 0.2) is 5.78 Å². The van der Waals surface area contributed by atoms with E-state index in [1.807, 2.05) is 48.7 Å². The Morgan fingerprint density at radius 1 is 1.11 bits per heavy atom. The summed E-state index contributed by atoms with van der Waals surface area (Å²) >= 11 is 0. The SMILES string of the molecule is Nc1cc(F)ccc1CC(=O)/C=C/c1cnn(C/C=C/c2ccccc2)c1. The Labute approximate surface area is 157 Å². The summed E-state index contributed by atoms with van der Waals surface area (Å²) in [5.74, 6) is -0.516.